The lowest BCUT2D eigenvalue weighted by atomic mass is 10.2. The maximum atomic E-state index is 11.1. The number of carbonyl (C=O) groups is 1. The first-order valence-electron chi connectivity index (χ1n) is 5.69. The molecular formula is C13H10N2O4S2. The normalized spacial score (nSPS) is 10.3. The summed E-state index contributed by atoms with van der Waals surface area (Å²) in [6.45, 7) is 0. The molecule has 0 bridgehead atoms. The van der Waals surface area contributed by atoms with Crippen molar-refractivity contribution in [1.82, 2.24) is 0 Å². The van der Waals surface area contributed by atoms with Crippen LogP contribution in [0, 0.1) is 10.1 Å². The van der Waals surface area contributed by atoms with Gasteiger partial charge in [-0.25, -0.2) is 4.79 Å². The molecule has 0 saturated heterocycles. The molecule has 3 N–H and O–H groups in total. The highest BCUT2D eigenvalue weighted by molar-refractivity contribution is 8.76. The van der Waals surface area contributed by atoms with Crippen molar-refractivity contribution in [2.24, 2.45) is 0 Å². The van der Waals surface area contributed by atoms with Crippen molar-refractivity contribution in [2.75, 3.05) is 5.73 Å². The zero-order chi connectivity index (χ0) is 15.4. The third-order valence-corrected chi connectivity index (χ3v) is 4.91. The lowest BCUT2D eigenvalue weighted by Gasteiger charge is -2.04. The summed E-state index contributed by atoms with van der Waals surface area (Å²) in [6.07, 6.45) is 0. The summed E-state index contributed by atoms with van der Waals surface area (Å²) in [4.78, 5) is 22.7. The van der Waals surface area contributed by atoms with Crippen molar-refractivity contribution in [3.05, 3.63) is 58.1 Å². The number of hydrogen-bond acceptors (Lipinski definition) is 6. The number of anilines is 1. The van der Waals surface area contributed by atoms with Gasteiger partial charge in [0.2, 0.25) is 0 Å². The molecule has 2 aromatic carbocycles. The number of rotatable bonds is 5. The van der Waals surface area contributed by atoms with E-state index in [1.54, 1.807) is 12.1 Å². The second-order valence-corrected chi connectivity index (χ2v) is 6.25. The Morgan fingerprint density at radius 3 is 2.24 bits per heavy atom. The molecule has 0 aliphatic heterocycles. The number of hydrogen-bond donors (Lipinski definition) is 2. The molecule has 0 saturated carbocycles. The van der Waals surface area contributed by atoms with Crippen molar-refractivity contribution in [3.63, 3.8) is 0 Å². The number of nitrogen functional groups attached to an aromatic ring is 1. The van der Waals surface area contributed by atoms with Crippen molar-refractivity contribution < 1.29 is 14.8 Å². The van der Waals surface area contributed by atoms with E-state index in [1.165, 1.54) is 39.8 Å². The molecule has 0 fully saturated rings. The Morgan fingerprint density at radius 2 is 1.67 bits per heavy atom. The largest absolute Gasteiger partial charge is 0.477 e. The molecule has 0 spiro atoms. The van der Waals surface area contributed by atoms with E-state index in [0.29, 0.717) is 10.6 Å². The summed E-state index contributed by atoms with van der Waals surface area (Å²) in [6, 6.07) is 11.3. The zero-order valence-electron chi connectivity index (χ0n) is 10.6. The summed E-state index contributed by atoms with van der Waals surface area (Å²) in [7, 11) is 2.74. The fourth-order valence-electron chi connectivity index (χ4n) is 1.52. The number of aromatic carboxylic acids is 1. The van der Waals surface area contributed by atoms with Gasteiger partial charge in [0, 0.05) is 21.5 Å². The molecule has 108 valence electrons. The van der Waals surface area contributed by atoms with E-state index in [2.05, 4.69) is 0 Å². The van der Waals surface area contributed by atoms with Crippen LogP contribution in [0.1, 0.15) is 10.4 Å². The van der Waals surface area contributed by atoms with Gasteiger partial charge in [-0.3, -0.25) is 10.1 Å². The van der Waals surface area contributed by atoms with Crippen LogP contribution in [0.5, 0.6) is 0 Å². The number of nitrogens with two attached hydrogens (primary N) is 1. The maximum Gasteiger partial charge on any atom is 0.342 e. The SMILES string of the molecule is Nc1ccc(SSc2ccc([N+](=O)[O-])c(C(=O)O)c2)cc1. The van der Waals surface area contributed by atoms with Crippen molar-refractivity contribution >= 4 is 38.9 Å². The second-order valence-electron chi connectivity index (χ2n) is 3.98. The molecule has 21 heavy (non-hydrogen) atoms. The minimum absolute atomic E-state index is 0.317. The fourth-order valence-corrected chi connectivity index (χ4v) is 3.47. The predicted molar refractivity (Wildman–Crippen MR) is 82.6 cm³/mol. The van der Waals surface area contributed by atoms with Gasteiger partial charge in [0.25, 0.3) is 5.69 Å². The van der Waals surface area contributed by atoms with E-state index in [4.69, 9.17) is 10.8 Å². The molecular weight excluding hydrogens is 312 g/mol. The van der Waals surface area contributed by atoms with Crippen LogP contribution in [0.3, 0.4) is 0 Å². The van der Waals surface area contributed by atoms with Crippen molar-refractivity contribution in [1.29, 1.82) is 0 Å². The van der Waals surface area contributed by atoms with Gasteiger partial charge in [-0.15, -0.1) is 0 Å². The summed E-state index contributed by atoms with van der Waals surface area (Å²) < 4.78 is 0. The number of nitrogens with zero attached hydrogens (tertiary/aromatic N) is 1. The van der Waals surface area contributed by atoms with Crippen LogP contribution in [-0.2, 0) is 0 Å². The molecule has 8 heteroatoms. The Kier molecular flexibility index (Phi) is 4.71. The van der Waals surface area contributed by atoms with Gasteiger partial charge in [-0.05, 0) is 36.4 Å². The van der Waals surface area contributed by atoms with Gasteiger partial charge in [-0.1, -0.05) is 21.6 Å². The molecule has 0 radical (unpaired) electrons. The van der Waals surface area contributed by atoms with Gasteiger partial charge in [0.15, 0.2) is 0 Å². The molecule has 0 aromatic heterocycles. The lowest BCUT2D eigenvalue weighted by Crippen LogP contribution is -2.02. The highest BCUT2D eigenvalue weighted by atomic mass is 33.1. The minimum Gasteiger partial charge on any atom is -0.477 e. The average molecular weight is 322 g/mol. The van der Waals surface area contributed by atoms with Crippen LogP contribution < -0.4 is 5.73 Å². The summed E-state index contributed by atoms with van der Waals surface area (Å²) in [5.74, 6) is -1.32. The number of carboxylic acids is 1. The Labute approximate surface area is 127 Å². The molecule has 6 nitrogen and oxygen atoms in total. The minimum atomic E-state index is -1.32. The van der Waals surface area contributed by atoms with Crippen molar-refractivity contribution in [3.8, 4) is 0 Å². The third kappa shape index (κ3) is 3.89. The first-order chi connectivity index (χ1) is 9.97. The number of nitro groups is 1. The van der Waals surface area contributed by atoms with Gasteiger partial charge in [0.1, 0.15) is 5.56 Å². The quantitative estimate of drug-likeness (QED) is 0.374. The van der Waals surface area contributed by atoms with Crippen LogP contribution in [0.25, 0.3) is 0 Å². The molecule has 2 rings (SSSR count). The molecule has 0 amide bonds. The van der Waals surface area contributed by atoms with E-state index < -0.39 is 16.6 Å². The number of carboxylic acid groups (broad SMARTS) is 1. The molecule has 0 unspecified atom stereocenters. The van der Waals surface area contributed by atoms with Gasteiger partial charge < -0.3 is 10.8 Å². The Bertz CT molecular complexity index is 689. The average Bonchev–Trinajstić information content (AvgIpc) is 2.46. The van der Waals surface area contributed by atoms with E-state index >= 15 is 0 Å². The first kappa shape index (κ1) is 15.2. The van der Waals surface area contributed by atoms with Crippen LogP contribution in [0.4, 0.5) is 11.4 Å². The number of benzene rings is 2. The summed E-state index contributed by atoms with van der Waals surface area (Å²) in [5.41, 5.74) is 5.52. The fraction of sp³-hybridized carbons (Fsp3) is 0. The standard InChI is InChI=1S/C13H10N2O4S2/c14-8-1-3-9(4-2-8)20-21-10-5-6-12(15(18)19)11(7-10)13(16)17/h1-7H,14H2,(H,16,17). The maximum absolute atomic E-state index is 11.1. The second kappa shape index (κ2) is 6.51. The lowest BCUT2D eigenvalue weighted by molar-refractivity contribution is -0.385. The summed E-state index contributed by atoms with van der Waals surface area (Å²) in [5, 5.41) is 19.8. The molecule has 0 atom stereocenters. The monoisotopic (exact) mass is 322 g/mol. The van der Waals surface area contributed by atoms with Crippen LogP contribution >= 0.6 is 21.6 Å². The van der Waals surface area contributed by atoms with E-state index in [0.717, 1.165) is 4.90 Å². The van der Waals surface area contributed by atoms with E-state index in [1.807, 2.05) is 12.1 Å². The number of nitro benzene ring substituents is 1. The molecule has 0 aliphatic rings. The molecule has 0 heterocycles. The van der Waals surface area contributed by atoms with Gasteiger partial charge >= 0.3 is 5.97 Å². The zero-order valence-corrected chi connectivity index (χ0v) is 12.2. The first-order valence-corrected chi connectivity index (χ1v) is 7.84. The topological polar surface area (TPSA) is 106 Å². The van der Waals surface area contributed by atoms with Gasteiger partial charge in [-0.2, -0.15) is 0 Å². The third-order valence-electron chi connectivity index (χ3n) is 2.51. The highest BCUT2D eigenvalue weighted by Crippen LogP contribution is 2.38. The molecule has 0 aliphatic carbocycles. The summed E-state index contributed by atoms with van der Waals surface area (Å²) >= 11 is 0. The predicted octanol–water partition coefficient (Wildman–Crippen LogP) is 3.67. The Morgan fingerprint density at radius 1 is 1.10 bits per heavy atom. The van der Waals surface area contributed by atoms with E-state index in [9.17, 15) is 14.9 Å². The Balaban J connectivity index is 2.17. The van der Waals surface area contributed by atoms with E-state index in [-0.39, 0.29) is 5.56 Å². The van der Waals surface area contributed by atoms with Crippen molar-refractivity contribution in [2.45, 2.75) is 9.79 Å². The Hall–Kier alpha value is -2.19. The highest BCUT2D eigenvalue weighted by Gasteiger charge is 2.20. The molecule has 2 aromatic rings. The smallest absolute Gasteiger partial charge is 0.342 e. The van der Waals surface area contributed by atoms with Crippen LogP contribution in [0.2, 0.25) is 0 Å². The van der Waals surface area contributed by atoms with Crippen LogP contribution in [0.15, 0.2) is 52.3 Å². The van der Waals surface area contributed by atoms with Gasteiger partial charge in [0.05, 0.1) is 4.92 Å². The van der Waals surface area contributed by atoms with Crippen LogP contribution in [-0.4, -0.2) is 16.0 Å².